The van der Waals surface area contributed by atoms with E-state index >= 15 is 0 Å². The third kappa shape index (κ3) is 3.16. The summed E-state index contributed by atoms with van der Waals surface area (Å²) >= 11 is 1.42. The van der Waals surface area contributed by atoms with Gasteiger partial charge in [-0.3, -0.25) is 4.79 Å². The number of carboxylic acid groups (broad SMARTS) is 1. The van der Waals surface area contributed by atoms with E-state index < -0.39 is 5.97 Å². The maximum atomic E-state index is 10.7. The third-order valence-electron chi connectivity index (χ3n) is 2.19. The fraction of sp³-hybridized carbons (Fsp3) is 0.667. The van der Waals surface area contributed by atoms with E-state index in [0.717, 1.165) is 11.4 Å². The Hall–Kier alpha value is -1.17. The Labute approximate surface area is 92.7 Å². The lowest BCUT2D eigenvalue weighted by Crippen LogP contribution is -2.37. The quantitative estimate of drug-likeness (QED) is 0.829. The van der Waals surface area contributed by atoms with Crippen molar-refractivity contribution in [1.82, 2.24) is 10.2 Å². The van der Waals surface area contributed by atoms with Gasteiger partial charge in [0.1, 0.15) is 11.6 Å². The van der Waals surface area contributed by atoms with Crippen molar-refractivity contribution < 1.29 is 9.90 Å². The Balaban J connectivity index is 2.85. The minimum Gasteiger partial charge on any atom is -0.480 e. The SMILES string of the molecule is CCC(C)N(CC(=O)O)c1nnc(C)s1. The van der Waals surface area contributed by atoms with E-state index in [2.05, 4.69) is 10.2 Å². The number of hydrogen-bond donors (Lipinski definition) is 1. The van der Waals surface area contributed by atoms with Gasteiger partial charge in [-0.05, 0) is 20.3 Å². The van der Waals surface area contributed by atoms with Gasteiger partial charge in [0.05, 0.1) is 0 Å². The van der Waals surface area contributed by atoms with Crippen LogP contribution in [-0.2, 0) is 4.79 Å². The highest BCUT2D eigenvalue weighted by molar-refractivity contribution is 7.15. The smallest absolute Gasteiger partial charge is 0.323 e. The zero-order valence-electron chi connectivity index (χ0n) is 9.10. The van der Waals surface area contributed by atoms with Gasteiger partial charge in [-0.1, -0.05) is 18.3 Å². The van der Waals surface area contributed by atoms with E-state index in [9.17, 15) is 4.79 Å². The van der Waals surface area contributed by atoms with Crippen molar-refractivity contribution in [3.8, 4) is 0 Å². The van der Waals surface area contributed by atoms with Crippen LogP contribution in [0.1, 0.15) is 25.3 Å². The topological polar surface area (TPSA) is 66.3 Å². The van der Waals surface area contributed by atoms with Gasteiger partial charge in [0, 0.05) is 6.04 Å². The second-order valence-electron chi connectivity index (χ2n) is 3.38. The molecule has 0 aliphatic carbocycles. The molecule has 1 N–H and O–H groups in total. The number of carbonyl (C=O) groups is 1. The van der Waals surface area contributed by atoms with Crippen molar-refractivity contribution in [3.05, 3.63) is 5.01 Å². The molecule has 1 aromatic rings. The maximum absolute atomic E-state index is 10.7. The summed E-state index contributed by atoms with van der Waals surface area (Å²) in [5.74, 6) is -0.844. The molecule has 15 heavy (non-hydrogen) atoms. The molecule has 1 heterocycles. The Kier molecular flexibility index (Phi) is 4.02. The minimum absolute atomic E-state index is 0.0242. The van der Waals surface area contributed by atoms with Crippen molar-refractivity contribution >= 4 is 22.4 Å². The molecular weight excluding hydrogens is 214 g/mol. The molecule has 1 rings (SSSR count). The van der Waals surface area contributed by atoms with Crippen LogP contribution in [0.3, 0.4) is 0 Å². The molecular formula is C9H15N3O2S. The van der Waals surface area contributed by atoms with Crippen LogP contribution < -0.4 is 4.90 Å². The number of aromatic nitrogens is 2. The van der Waals surface area contributed by atoms with Crippen LogP contribution in [0.15, 0.2) is 0 Å². The van der Waals surface area contributed by atoms with E-state index in [1.54, 1.807) is 4.90 Å². The van der Waals surface area contributed by atoms with Crippen LogP contribution in [0.2, 0.25) is 0 Å². The first-order valence-corrected chi connectivity index (χ1v) is 5.64. The van der Waals surface area contributed by atoms with Gasteiger partial charge < -0.3 is 10.0 Å². The summed E-state index contributed by atoms with van der Waals surface area (Å²) < 4.78 is 0. The lowest BCUT2D eigenvalue weighted by molar-refractivity contribution is -0.135. The zero-order valence-corrected chi connectivity index (χ0v) is 9.91. The van der Waals surface area contributed by atoms with Gasteiger partial charge in [-0.15, -0.1) is 10.2 Å². The summed E-state index contributed by atoms with van der Waals surface area (Å²) in [6, 6.07) is 0.161. The third-order valence-corrected chi connectivity index (χ3v) is 3.07. The first-order chi connectivity index (χ1) is 7.04. The molecule has 1 atom stereocenters. The molecule has 0 aromatic carbocycles. The van der Waals surface area contributed by atoms with Crippen molar-refractivity contribution in [1.29, 1.82) is 0 Å². The molecule has 0 aliphatic rings. The van der Waals surface area contributed by atoms with Gasteiger partial charge in [0.15, 0.2) is 0 Å². The standard InChI is InChI=1S/C9H15N3O2S/c1-4-6(2)12(5-8(13)14)9-11-10-7(3)15-9/h6H,4-5H2,1-3H3,(H,13,14). The molecule has 0 spiro atoms. The molecule has 5 nitrogen and oxygen atoms in total. The summed E-state index contributed by atoms with van der Waals surface area (Å²) in [4.78, 5) is 12.5. The lowest BCUT2D eigenvalue weighted by Gasteiger charge is -2.25. The van der Waals surface area contributed by atoms with Crippen LogP contribution in [0.4, 0.5) is 5.13 Å². The molecule has 84 valence electrons. The monoisotopic (exact) mass is 229 g/mol. The predicted octanol–water partition coefficient (Wildman–Crippen LogP) is 1.54. The molecule has 1 aromatic heterocycles. The molecule has 0 fully saturated rings. The summed E-state index contributed by atoms with van der Waals surface area (Å²) in [6.45, 7) is 5.84. The molecule has 6 heteroatoms. The van der Waals surface area contributed by atoms with E-state index in [1.165, 1.54) is 11.3 Å². The van der Waals surface area contributed by atoms with E-state index in [0.29, 0.717) is 5.13 Å². The van der Waals surface area contributed by atoms with Crippen LogP contribution >= 0.6 is 11.3 Å². The maximum Gasteiger partial charge on any atom is 0.323 e. The van der Waals surface area contributed by atoms with Gasteiger partial charge in [-0.2, -0.15) is 0 Å². The molecule has 0 bridgehead atoms. The summed E-state index contributed by atoms with van der Waals surface area (Å²) in [5.41, 5.74) is 0. The van der Waals surface area contributed by atoms with Gasteiger partial charge in [-0.25, -0.2) is 0 Å². The molecule has 0 saturated carbocycles. The Morgan fingerprint density at radius 2 is 2.27 bits per heavy atom. The number of anilines is 1. The highest BCUT2D eigenvalue weighted by atomic mass is 32.1. The number of carboxylic acids is 1. The lowest BCUT2D eigenvalue weighted by atomic mass is 10.2. The number of nitrogens with zero attached hydrogens (tertiary/aromatic N) is 3. The summed E-state index contributed by atoms with van der Waals surface area (Å²) in [6.07, 6.45) is 0.881. The van der Waals surface area contributed by atoms with E-state index in [1.807, 2.05) is 20.8 Å². The predicted molar refractivity (Wildman–Crippen MR) is 59.4 cm³/mol. The average Bonchev–Trinajstić information content (AvgIpc) is 2.59. The largest absolute Gasteiger partial charge is 0.480 e. The molecule has 1 unspecified atom stereocenters. The fourth-order valence-electron chi connectivity index (χ4n) is 1.18. The fourth-order valence-corrected chi connectivity index (χ4v) is 1.97. The number of aryl methyl sites for hydroxylation is 1. The van der Waals surface area contributed by atoms with Crippen LogP contribution in [0, 0.1) is 6.92 Å². The number of hydrogen-bond acceptors (Lipinski definition) is 5. The van der Waals surface area contributed by atoms with Crippen LogP contribution in [-0.4, -0.2) is 33.9 Å². The summed E-state index contributed by atoms with van der Waals surface area (Å²) in [7, 11) is 0. The molecule has 0 aliphatic heterocycles. The van der Waals surface area contributed by atoms with Crippen LogP contribution in [0.25, 0.3) is 0 Å². The molecule has 0 radical (unpaired) electrons. The molecule has 0 saturated heterocycles. The second kappa shape index (κ2) is 5.06. The Morgan fingerprint density at radius 1 is 1.60 bits per heavy atom. The van der Waals surface area contributed by atoms with E-state index in [4.69, 9.17) is 5.11 Å². The first-order valence-electron chi connectivity index (χ1n) is 4.83. The normalized spacial score (nSPS) is 12.5. The van der Waals surface area contributed by atoms with Crippen molar-refractivity contribution in [2.24, 2.45) is 0 Å². The van der Waals surface area contributed by atoms with Crippen LogP contribution in [0.5, 0.6) is 0 Å². The average molecular weight is 229 g/mol. The van der Waals surface area contributed by atoms with Crippen molar-refractivity contribution in [2.45, 2.75) is 33.2 Å². The Bertz CT molecular complexity index is 340. The Morgan fingerprint density at radius 3 is 2.67 bits per heavy atom. The molecule has 0 amide bonds. The number of rotatable bonds is 5. The minimum atomic E-state index is -0.844. The van der Waals surface area contributed by atoms with Crippen molar-refractivity contribution in [2.75, 3.05) is 11.4 Å². The van der Waals surface area contributed by atoms with Gasteiger partial charge in [0.25, 0.3) is 0 Å². The zero-order chi connectivity index (χ0) is 11.4. The first kappa shape index (κ1) is 11.9. The van der Waals surface area contributed by atoms with Gasteiger partial charge >= 0.3 is 5.97 Å². The highest BCUT2D eigenvalue weighted by Crippen LogP contribution is 2.22. The van der Waals surface area contributed by atoms with Gasteiger partial charge in [0.2, 0.25) is 5.13 Å². The highest BCUT2D eigenvalue weighted by Gasteiger charge is 2.19. The van der Waals surface area contributed by atoms with Crippen molar-refractivity contribution in [3.63, 3.8) is 0 Å². The second-order valence-corrected chi connectivity index (χ2v) is 4.54. The van der Waals surface area contributed by atoms with E-state index in [-0.39, 0.29) is 12.6 Å². The summed E-state index contributed by atoms with van der Waals surface area (Å²) in [5, 5.41) is 18.2. The number of aliphatic carboxylic acids is 1.